The zero-order valence-electron chi connectivity index (χ0n) is 15.2. The summed E-state index contributed by atoms with van der Waals surface area (Å²) in [5.41, 5.74) is 0.0806. The van der Waals surface area contributed by atoms with Crippen molar-refractivity contribution in [2.75, 3.05) is 5.32 Å². The Morgan fingerprint density at radius 1 is 0.933 bits per heavy atom. The van der Waals surface area contributed by atoms with E-state index in [4.69, 9.17) is 27.9 Å². The van der Waals surface area contributed by atoms with Crippen molar-refractivity contribution in [2.45, 2.75) is 6.61 Å². The second-order valence-corrected chi connectivity index (χ2v) is 6.90. The fourth-order valence-corrected chi connectivity index (χ4v) is 2.84. The van der Waals surface area contributed by atoms with Gasteiger partial charge in [0, 0.05) is 21.3 Å². The summed E-state index contributed by atoms with van der Waals surface area (Å²) in [6.45, 7) is 0.179. The van der Waals surface area contributed by atoms with Crippen LogP contribution in [0.2, 0.25) is 10.0 Å². The van der Waals surface area contributed by atoms with Gasteiger partial charge < -0.3 is 10.1 Å². The Morgan fingerprint density at radius 3 is 2.23 bits per heavy atom. The van der Waals surface area contributed by atoms with Gasteiger partial charge in [-0.15, -0.1) is 0 Å². The van der Waals surface area contributed by atoms with Gasteiger partial charge in [-0.25, -0.2) is 13.6 Å². The lowest BCUT2D eigenvalue weighted by molar-refractivity contribution is 0.0959. The smallest absolute Gasteiger partial charge is 0.326 e. The second-order valence-electron chi connectivity index (χ2n) is 6.05. The number of urea groups is 1. The average molecular weight is 451 g/mol. The van der Waals surface area contributed by atoms with Crippen LogP contribution in [0.5, 0.6) is 5.75 Å². The second kappa shape index (κ2) is 9.56. The molecule has 0 heterocycles. The third-order valence-corrected chi connectivity index (χ3v) is 4.54. The average Bonchev–Trinajstić information content (AvgIpc) is 2.68. The number of carbonyl (C=O) groups excluding carboxylic acids is 2. The van der Waals surface area contributed by atoms with Gasteiger partial charge in [-0.3, -0.25) is 10.1 Å². The van der Waals surface area contributed by atoms with Crippen LogP contribution in [-0.2, 0) is 6.61 Å². The van der Waals surface area contributed by atoms with Crippen molar-refractivity contribution in [3.05, 3.63) is 93.5 Å². The van der Waals surface area contributed by atoms with Crippen LogP contribution in [-0.4, -0.2) is 11.9 Å². The van der Waals surface area contributed by atoms with E-state index in [0.29, 0.717) is 21.4 Å². The van der Waals surface area contributed by atoms with Crippen molar-refractivity contribution in [1.82, 2.24) is 5.32 Å². The number of hydrogen-bond donors (Lipinski definition) is 2. The molecule has 2 N–H and O–H groups in total. The first-order valence-corrected chi connectivity index (χ1v) is 9.32. The maximum atomic E-state index is 13.6. The van der Waals surface area contributed by atoms with Crippen molar-refractivity contribution >= 4 is 40.8 Å². The summed E-state index contributed by atoms with van der Waals surface area (Å²) in [6.07, 6.45) is 0. The molecule has 30 heavy (non-hydrogen) atoms. The summed E-state index contributed by atoms with van der Waals surface area (Å²) in [7, 11) is 0. The first-order chi connectivity index (χ1) is 14.3. The number of halogens is 4. The zero-order chi connectivity index (χ0) is 21.7. The lowest BCUT2D eigenvalue weighted by Gasteiger charge is -2.11. The molecule has 0 aliphatic rings. The Morgan fingerprint density at radius 2 is 1.60 bits per heavy atom. The van der Waals surface area contributed by atoms with Crippen molar-refractivity contribution in [3.8, 4) is 5.75 Å². The van der Waals surface area contributed by atoms with Gasteiger partial charge in [0.15, 0.2) is 0 Å². The molecule has 5 nitrogen and oxygen atoms in total. The maximum Gasteiger partial charge on any atom is 0.326 e. The first-order valence-electron chi connectivity index (χ1n) is 8.56. The lowest BCUT2D eigenvalue weighted by Crippen LogP contribution is -2.35. The summed E-state index contributed by atoms with van der Waals surface area (Å²) in [5.74, 6) is -2.75. The van der Waals surface area contributed by atoms with Crippen LogP contribution in [0, 0.1) is 11.6 Å². The molecule has 0 fully saturated rings. The van der Waals surface area contributed by atoms with Crippen LogP contribution in [0.1, 0.15) is 15.9 Å². The molecule has 0 spiro atoms. The summed E-state index contributed by atoms with van der Waals surface area (Å²) in [5, 5.41) is 5.14. The van der Waals surface area contributed by atoms with Gasteiger partial charge in [0.05, 0.1) is 0 Å². The number of imide groups is 1. The van der Waals surface area contributed by atoms with Crippen LogP contribution in [0.25, 0.3) is 0 Å². The van der Waals surface area contributed by atoms with Crippen LogP contribution in [0.3, 0.4) is 0 Å². The number of ether oxygens (including phenoxy) is 1. The third-order valence-electron chi connectivity index (χ3n) is 3.94. The number of anilines is 1. The fraction of sp³-hybridized carbons (Fsp3) is 0.0476. The standard InChI is InChI=1S/C21H14Cl2F2N2O3/c22-13-5-8-15(9-6-13)30-11-12-4-7-14(10-16(12)23)26-21(29)27-20(28)19-17(24)2-1-3-18(19)25/h1-10H,11H2,(H2,26,27,28,29). The molecular weight excluding hydrogens is 437 g/mol. The summed E-state index contributed by atoms with van der Waals surface area (Å²) in [6, 6.07) is 13.4. The first kappa shape index (κ1) is 21.5. The minimum Gasteiger partial charge on any atom is -0.489 e. The Hall–Kier alpha value is -3.16. The predicted molar refractivity (Wildman–Crippen MR) is 110 cm³/mol. The van der Waals surface area contributed by atoms with Gasteiger partial charge >= 0.3 is 6.03 Å². The van der Waals surface area contributed by atoms with Gasteiger partial charge in [-0.05, 0) is 48.5 Å². The lowest BCUT2D eigenvalue weighted by atomic mass is 10.2. The number of nitrogens with one attached hydrogen (secondary N) is 2. The largest absolute Gasteiger partial charge is 0.489 e. The molecule has 0 aliphatic carbocycles. The van der Waals surface area contributed by atoms with E-state index in [-0.39, 0.29) is 12.3 Å². The van der Waals surface area contributed by atoms with E-state index < -0.39 is 29.1 Å². The molecule has 0 aliphatic heterocycles. The molecular formula is C21H14Cl2F2N2O3. The van der Waals surface area contributed by atoms with Crippen molar-refractivity contribution in [1.29, 1.82) is 0 Å². The van der Waals surface area contributed by atoms with E-state index in [0.717, 1.165) is 18.2 Å². The van der Waals surface area contributed by atoms with E-state index >= 15 is 0 Å². The van der Waals surface area contributed by atoms with E-state index in [9.17, 15) is 18.4 Å². The molecule has 0 radical (unpaired) electrons. The maximum absolute atomic E-state index is 13.6. The van der Waals surface area contributed by atoms with Crippen LogP contribution in [0.4, 0.5) is 19.3 Å². The van der Waals surface area contributed by atoms with Crippen LogP contribution >= 0.6 is 23.2 Å². The minimum atomic E-state index is -1.21. The highest BCUT2D eigenvalue weighted by Crippen LogP contribution is 2.23. The molecule has 0 unspecified atom stereocenters. The van der Waals surface area contributed by atoms with Gasteiger partial charge in [0.2, 0.25) is 0 Å². The monoisotopic (exact) mass is 450 g/mol. The highest BCUT2D eigenvalue weighted by Gasteiger charge is 2.19. The normalized spacial score (nSPS) is 10.4. The SMILES string of the molecule is O=C(NC(=O)c1c(F)cccc1F)Nc1ccc(COc2ccc(Cl)cc2)c(Cl)c1. The number of benzene rings is 3. The van der Waals surface area contributed by atoms with E-state index in [1.807, 2.05) is 5.32 Å². The number of hydrogen-bond acceptors (Lipinski definition) is 3. The zero-order valence-corrected chi connectivity index (χ0v) is 16.7. The summed E-state index contributed by atoms with van der Waals surface area (Å²) < 4.78 is 32.9. The van der Waals surface area contributed by atoms with Crippen molar-refractivity contribution in [3.63, 3.8) is 0 Å². The molecule has 0 atom stereocenters. The number of rotatable bonds is 5. The molecule has 0 bridgehead atoms. The van der Waals surface area contributed by atoms with Gasteiger partial charge in [-0.2, -0.15) is 0 Å². The number of amides is 3. The van der Waals surface area contributed by atoms with Crippen molar-refractivity contribution in [2.24, 2.45) is 0 Å². The molecule has 3 rings (SSSR count). The van der Waals surface area contributed by atoms with E-state index in [2.05, 4.69) is 5.32 Å². The molecule has 3 aromatic rings. The number of carbonyl (C=O) groups is 2. The fourth-order valence-electron chi connectivity index (χ4n) is 2.48. The quantitative estimate of drug-likeness (QED) is 0.515. The Labute approximate surface area is 180 Å². The predicted octanol–water partition coefficient (Wildman–Crippen LogP) is 5.81. The van der Waals surface area contributed by atoms with E-state index in [1.165, 1.54) is 6.07 Å². The molecule has 0 aromatic heterocycles. The third kappa shape index (κ3) is 5.46. The molecule has 3 aromatic carbocycles. The van der Waals surface area contributed by atoms with E-state index in [1.54, 1.807) is 36.4 Å². The van der Waals surface area contributed by atoms with Crippen molar-refractivity contribution < 1.29 is 23.1 Å². The molecule has 154 valence electrons. The Kier molecular flexibility index (Phi) is 6.87. The highest BCUT2D eigenvalue weighted by molar-refractivity contribution is 6.31. The minimum absolute atomic E-state index is 0.179. The molecule has 3 amide bonds. The molecule has 0 saturated heterocycles. The summed E-state index contributed by atoms with van der Waals surface area (Å²) in [4.78, 5) is 23.9. The Balaban J connectivity index is 1.60. The van der Waals surface area contributed by atoms with Crippen LogP contribution in [0.15, 0.2) is 60.7 Å². The van der Waals surface area contributed by atoms with Crippen LogP contribution < -0.4 is 15.4 Å². The summed E-state index contributed by atoms with van der Waals surface area (Å²) >= 11 is 12.0. The topological polar surface area (TPSA) is 67.4 Å². The molecule has 9 heteroatoms. The van der Waals surface area contributed by atoms with Gasteiger partial charge in [-0.1, -0.05) is 35.3 Å². The van der Waals surface area contributed by atoms with Gasteiger partial charge in [0.25, 0.3) is 5.91 Å². The molecule has 0 saturated carbocycles. The Bertz CT molecular complexity index is 1070. The van der Waals surface area contributed by atoms with Gasteiger partial charge in [0.1, 0.15) is 29.6 Å². The highest BCUT2D eigenvalue weighted by atomic mass is 35.5.